The molecule has 0 spiro atoms. The molecule has 0 saturated heterocycles. The summed E-state index contributed by atoms with van der Waals surface area (Å²) in [4.78, 5) is 11.2. The number of nitrogens with one attached hydrogen (secondary N) is 1. The fraction of sp³-hybridized carbons (Fsp3) is 0.364. The standard InChI is InChI=1S/C11H15NO2S/c1-9(15)7-12-11(13)14-8-10-5-3-2-4-6-10/h2-6,9,15H,7-8H2,1H3,(H,12,13). The van der Waals surface area contributed by atoms with Gasteiger partial charge in [0.1, 0.15) is 6.61 Å². The zero-order valence-corrected chi connectivity index (χ0v) is 9.54. The summed E-state index contributed by atoms with van der Waals surface area (Å²) in [6.07, 6.45) is -0.403. The molecule has 1 atom stereocenters. The summed E-state index contributed by atoms with van der Waals surface area (Å²) < 4.78 is 4.99. The summed E-state index contributed by atoms with van der Waals surface area (Å²) in [5, 5.41) is 2.75. The van der Waals surface area contributed by atoms with Crippen molar-refractivity contribution in [3.05, 3.63) is 35.9 Å². The van der Waals surface area contributed by atoms with Crippen LogP contribution in [0.15, 0.2) is 30.3 Å². The first-order chi connectivity index (χ1) is 7.18. The Morgan fingerprint density at radius 3 is 2.73 bits per heavy atom. The Morgan fingerprint density at radius 2 is 2.13 bits per heavy atom. The molecular weight excluding hydrogens is 210 g/mol. The van der Waals surface area contributed by atoms with E-state index in [9.17, 15) is 4.79 Å². The minimum absolute atomic E-state index is 0.134. The molecule has 0 aliphatic carbocycles. The van der Waals surface area contributed by atoms with E-state index in [4.69, 9.17) is 4.74 Å². The van der Waals surface area contributed by atoms with Crippen LogP contribution in [0, 0.1) is 0 Å². The second-order valence-corrected chi connectivity index (χ2v) is 4.17. The molecule has 0 radical (unpaired) electrons. The number of ether oxygens (including phenoxy) is 1. The van der Waals surface area contributed by atoms with Crippen molar-refractivity contribution in [1.82, 2.24) is 5.32 Å². The maximum absolute atomic E-state index is 11.2. The molecule has 1 amide bonds. The number of benzene rings is 1. The molecular formula is C11H15NO2S. The Balaban J connectivity index is 2.23. The van der Waals surface area contributed by atoms with Crippen molar-refractivity contribution in [3.63, 3.8) is 0 Å². The van der Waals surface area contributed by atoms with Crippen LogP contribution < -0.4 is 5.32 Å². The van der Waals surface area contributed by atoms with E-state index >= 15 is 0 Å². The van der Waals surface area contributed by atoms with Gasteiger partial charge in [0.15, 0.2) is 0 Å². The number of thiol groups is 1. The highest BCUT2D eigenvalue weighted by Crippen LogP contribution is 2.00. The van der Waals surface area contributed by atoms with Gasteiger partial charge in [0.2, 0.25) is 0 Å². The number of amides is 1. The molecule has 0 aromatic heterocycles. The van der Waals surface area contributed by atoms with Crippen LogP contribution in [0.3, 0.4) is 0 Å². The van der Waals surface area contributed by atoms with Gasteiger partial charge in [0.25, 0.3) is 0 Å². The third-order valence-electron chi connectivity index (χ3n) is 1.75. The molecule has 1 rings (SSSR count). The number of hydrogen-bond acceptors (Lipinski definition) is 3. The van der Waals surface area contributed by atoms with E-state index in [1.54, 1.807) is 0 Å². The number of carbonyl (C=O) groups excluding carboxylic acids is 1. The summed E-state index contributed by atoms with van der Waals surface area (Å²) in [5.74, 6) is 0. The van der Waals surface area contributed by atoms with Gasteiger partial charge in [-0.2, -0.15) is 12.6 Å². The third-order valence-corrected chi connectivity index (χ3v) is 1.94. The van der Waals surface area contributed by atoms with Crippen molar-refractivity contribution in [2.24, 2.45) is 0 Å². The molecule has 0 aliphatic rings. The second kappa shape index (κ2) is 6.35. The van der Waals surface area contributed by atoms with Crippen molar-refractivity contribution >= 4 is 18.7 Å². The zero-order chi connectivity index (χ0) is 11.1. The predicted molar refractivity (Wildman–Crippen MR) is 63.1 cm³/mol. The minimum atomic E-state index is -0.403. The lowest BCUT2D eigenvalue weighted by molar-refractivity contribution is 0.140. The molecule has 0 fully saturated rings. The summed E-state index contributed by atoms with van der Waals surface area (Å²) in [5.41, 5.74) is 0.978. The van der Waals surface area contributed by atoms with Crippen LogP contribution in [0.2, 0.25) is 0 Å². The Kier molecular flexibility index (Phi) is 5.04. The van der Waals surface area contributed by atoms with Crippen LogP contribution >= 0.6 is 12.6 Å². The van der Waals surface area contributed by atoms with E-state index < -0.39 is 6.09 Å². The largest absolute Gasteiger partial charge is 0.445 e. The highest BCUT2D eigenvalue weighted by atomic mass is 32.1. The van der Waals surface area contributed by atoms with Gasteiger partial charge in [0.05, 0.1) is 0 Å². The van der Waals surface area contributed by atoms with Gasteiger partial charge in [-0.25, -0.2) is 4.79 Å². The minimum Gasteiger partial charge on any atom is -0.445 e. The zero-order valence-electron chi connectivity index (χ0n) is 8.64. The maximum atomic E-state index is 11.2. The van der Waals surface area contributed by atoms with Gasteiger partial charge >= 0.3 is 6.09 Å². The van der Waals surface area contributed by atoms with Crippen molar-refractivity contribution in [2.75, 3.05) is 6.54 Å². The number of rotatable bonds is 4. The SMILES string of the molecule is CC(S)CNC(=O)OCc1ccccc1. The Labute approximate surface area is 95.2 Å². The first-order valence-electron chi connectivity index (χ1n) is 4.81. The van der Waals surface area contributed by atoms with E-state index in [-0.39, 0.29) is 5.25 Å². The fourth-order valence-corrected chi connectivity index (χ4v) is 1.10. The molecule has 1 aromatic carbocycles. The topological polar surface area (TPSA) is 38.3 Å². The number of carbonyl (C=O) groups is 1. The lowest BCUT2D eigenvalue weighted by Gasteiger charge is -2.08. The van der Waals surface area contributed by atoms with Crippen molar-refractivity contribution in [1.29, 1.82) is 0 Å². The fourth-order valence-electron chi connectivity index (χ4n) is 1.01. The van der Waals surface area contributed by atoms with Gasteiger partial charge in [-0.15, -0.1) is 0 Å². The maximum Gasteiger partial charge on any atom is 0.407 e. The smallest absolute Gasteiger partial charge is 0.407 e. The van der Waals surface area contributed by atoms with Gasteiger partial charge in [-0.05, 0) is 5.56 Å². The summed E-state index contributed by atoms with van der Waals surface area (Å²) in [7, 11) is 0. The van der Waals surface area contributed by atoms with Gasteiger partial charge in [-0.3, -0.25) is 0 Å². The first kappa shape index (κ1) is 11.9. The summed E-state index contributed by atoms with van der Waals surface area (Å²) >= 11 is 4.14. The normalized spacial score (nSPS) is 11.9. The summed E-state index contributed by atoms with van der Waals surface area (Å²) in [6.45, 7) is 2.71. The molecule has 82 valence electrons. The number of hydrogen-bond donors (Lipinski definition) is 2. The molecule has 4 heteroatoms. The van der Waals surface area contributed by atoms with Crippen LogP contribution in [-0.4, -0.2) is 17.9 Å². The quantitative estimate of drug-likeness (QED) is 0.771. The Bertz CT molecular complexity index is 301. The highest BCUT2D eigenvalue weighted by Gasteiger charge is 2.02. The van der Waals surface area contributed by atoms with Gasteiger partial charge in [0, 0.05) is 11.8 Å². The predicted octanol–water partition coefficient (Wildman–Crippen LogP) is 2.23. The monoisotopic (exact) mass is 225 g/mol. The molecule has 1 N–H and O–H groups in total. The molecule has 1 unspecified atom stereocenters. The van der Waals surface area contributed by atoms with Crippen molar-refractivity contribution < 1.29 is 9.53 Å². The first-order valence-corrected chi connectivity index (χ1v) is 5.32. The third kappa shape index (κ3) is 5.32. The van der Waals surface area contributed by atoms with Gasteiger partial charge < -0.3 is 10.1 Å². The van der Waals surface area contributed by atoms with Crippen molar-refractivity contribution in [3.8, 4) is 0 Å². The van der Waals surface area contributed by atoms with E-state index in [0.717, 1.165) is 5.56 Å². The van der Waals surface area contributed by atoms with Crippen LogP contribution in [0.5, 0.6) is 0 Å². The van der Waals surface area contributed by atoms with Gasteiger partial charge in [-0.1, -0.05) is 37.3 Å². The van der Waals surface area contributed by atoms with E-state index in [0.29, 0.717) is 13.2 Å². The number of alkyl carbamates (subject to hydrolysis) is 1. The van der Waals surface area contributed by atoms with Crippen molar-refractivity contribution in [2.45, 2.75) is 18.8 Å². The molecule has 15 heavy (non-hydrogen) atoms. The van der Waals surface area contributed by atoms with Crippen LogP contribution in [0.25, 0.3) is 0 Å². The average molecular weight is 225 g/mol. The lowest BCUT2D eigenvalue weighted by atomic mass is 10.2. The second-order valence-electron chi connectivity index (χ2n) is 3.29. The molecule has 0 bridgehead atoms. The van der Waals surface area contributed by atoms with E-state index in [1.807, 2.05) is 37.3 Å². The molecule has 0 saturated carbocycles. The summed E-state index contributed by atoms with van der Waals surface area (Å²) in [6, 6.07) is 9.56. The van der Waals surface area contributed by atoms with E-state index in [1.165, 1.54) is 0 Å². The lowest BCUT2D eigenvalue weighted by Crippen LogP contribution is -2.29. The molecule has 0 aliphatic heterocycles. The van der Waals surface area contributed by atoms with E-state index in [2.05, 4.69) is 17.9 Å². The highest BCUT2D eigenvalue weighted by molar-refractivity contribution is 7.80. The van der Waals surface area contributed by atoms with Crippen LogP contribution in [-0.2, 0) is 11.3 Å². The Morgan fingerprint density at radius 1 is 1.47 bits per heavy atom. The average Bonchev–Trinajstić information content (AvgIpc) is 2.25. The Hall–Kier alpha value is -1.16. The molecule has 3 nitrogen and oxygen atoms in total. The molecule has 0 heterocycles. The van der Waals surface area contributed by atoms with Crippen LogP contribution in [0.1, 0.15) is 12.5 Å². The van der Waals surface area contributed by atoms with Crippen LogP contribution in [0.4, 0.5) is 4.79 Å². The molecule has 1 aromatic rings.